The molecule has 0 rings (SSSR count). The molecule has 8 heavy (non-hydrogen) atoms. The third-order valence-electron chi connectivity index (χ3n) is 0.616. The van der Waals surface area contributed by atoms with E-state index >= 15 is 0 Å². The summed E-state index contributed by atoms with van der Waals surface area (Å²) in [5, 5.41) is 5.17. The second kappa shape index (κ2) is 6.72. The molecular formula is C4H11ClN2O. The largest absolute Gasteiger partial charge is 0.358 e. The summed E-state index contributed by atoms with van der Waals surface area (Å²) < 4.78 is 0. The maximum absolute atomic E-state index is 10.2. The number of halogens is 1. The van der Waals surface area contributed by atoms with Crippen LogP contribution < -0.4 is 10.6 Å². The summed E-state index contributed by atoms with van der Waals surface area (Å²) in [7, 11) is 3.34. The second-order valence-electron chi connectivity index (χ2n) is 1.20. The maximum atomic E-state index is 10.2. The van der Waals surface area contributed by atoms with Crippen molar-refractivity contribution in [1.82, 2.24) is 10.6 Å². The molecule has 1 amide bonds. The van der Waals surface area contributed by atoms with Gasteiger partial charge in [-0.3, -0.25) is 4.79 Å². The van der Waals surface area contributed by atoms with Crippen LogP contribution in [0.4, 0.5) is 0 Å². The van der Waals surface area contributed by atoms with Gasteiger partial charge in [0, 0.05) is 7.05 Å². The lowest BCUT2D eigenvalue weighted by Gasteiger charge is -1.93. The Kier molecular flexibility index (Phi) is 8.95. The SMILES string of the molecule is CNCC(=O)NC.Cl. The lowest BCUT2D eigenvalue weighted by molar-refractivity contribution is -0.119. The first-order valence-corrected chi connectivity index (χ1v) is 2.16. The van der Waals surface area contributed by atoms with E-state index in [1.54, 1.807) is 14.1 Å². The number of carbonyl (C=O) groups is 1. The number of carbonyl (C=O) groups excluding carboxylic acids is 1. The molecule has 4 heteroatoms. The Morgan fingerprint density at radius 3 is 2.12 bits per heavy atom. The number of hydrogen-bond donors (Lipinski definition) is 2. The number of amides is 1. The first-order valence-electron chi connectivity index (χ1n) is 2.16. The molecule has 50 valence electrons. The van der Waals surface area contributed by atoms with Gasteiger partial charge in [0.05, 0.1) is 6.54 Å². The second-order valence-corrected chi connectivity index (χ2v) is 1.20. The monoisotopic (exact) mass is 138 g/mol. The van der Waals surface area contributed by atoms with Crippen LogP contribution in [0.2, 0.25) is 0 Å². The molecule has 0 aliphatic carbocycles. The van der Waals surface area contributed by atoms with Crippen LogP contribution in [0.5, 0.6) is 0 Å². The average Bonchev–Trinajstić information content (AvgIpc) is 1.68. The molecule has 0 aliphatic rings. The highest BCUT2D eigenvalue weighted by Gasteiger charge is 1.88. The van der Waals surface area contributed by atoms with Crippen molar-refractivity contribution in [3.05, 3.63) is 0 Å². The van der Waals surface area contributed by atoms with Gasteiger partial charge in [-0.1, -0.05) is 0 Å². The topological polar surface area (TPSA) is 41.1 Å². The summed E-state index contributed by atoms with van der Waals surface area (Å²) in [4.78, 5) is 10.2. The summed E-state index contributed by atoms with van der Waals surface area (Å²) in [6.45, 7) is 0.399. The zero-order valence-electron chi connectivity index (χ0n) is 5.02. The zero-order valence-corrected chi connectivity index (χ0v) is 5.84. The quantitative estimate of drug-likeness (QED) is 0.534. The third kappa shape index (κ3) is 5.72. The van der Waals surface area contributed by atoms with Gasteiger partial charge in [0.15, 0.2) is 0 Å². The molecule has 0 aromatic rings. The lowest BCUT2D eigenvalue weighted by atomic mass is 10.6. The molecule has 0 unspecified atom stereocenters. The number of likely N-dealkylation sites (N-methyl/N-ethyl adjacent to an activating group) is 2. The van der Waals surface area contributed by atoms with Crippen molar-refractivity contribution < 1.29 is 4.79 Å². The molecule has 0 saturated carbocycles. The van der Waals surface area contributed by atoms with Crippen molar-refractivity contribution in [2.24, 2.45) is 0 Å². The van der Waals surface area contributed by atoms with Crippen LogP contribution in [0, 0.1) is 0 Å². The van der Waals surface area contributed by atoms with Gasteiger partial charge in [0.1, 0.15) is 0 Å². The van der Waals surface area contributed by atoms with Crippen LogP contribution in [0.3, 0.4) is 0 Å². The summed E-state index contributed by atoms with van der Waals surface area (Å²) in [5.74, 6) is 0.0162. The van der Waals surface area contributed by atoms with E-state index in [1.165, 1.54) is 0 Å². The minimum absolute atomic E-state index is 0. The number of rotatable bonds is 2. The van der Waals surface area contributed by atoms with E-state index in [-0.39, 0.29) is 18.3 Å². The fraction of sp³-hybridized carbons (Fsp3) is 0.750. The van der Waals surface area contributed by atoms with Crippen molar-refractivity contribution in [2.45, 2.75) is 0 Å². The molecule has 0 aromatic carbocycles. The van der Waals surface area contributed by atoms with Gasteiger partial charge in [-0.2, -0.15) is 0 Å². The predicted molar refractivity (Wildman–Crippen MR) is 35.2 cm³/mol. The molecule has 0 bridgehead atoms. The highest BCUT2D eigenvalue weighted by molar-refractivity contribution is 5.85. The summed E-state index contributed by atoms with van der Waals surface area (Å²) in [6, 6.07) is 0. The van der Waals surface area contributed by atoms with Crippen molar-refractivity contribution in [1.29, 1.82) is 0 Å². The van der Waals surface area contributed by atoms with Crippen molar-refractivity contribution in [2.75, 3.05) is 20.6 Å². The highest BCUT2D eigenvalue weighted by Crippen LogP contribution is 1.52. The molecule has 0 atom stereocenters. The molecule has 0 fully saturated rings. The molecular weight excluding hydrogens is 128 g/mol. The fourth-order valence-corrected chi connectivity index (χ4v) is 0.249. The minimum Gasteiger partial charge on any atom is -0.358 e. The third-order valence-corrected chi connectivity index (χ3v) is 0.616. The van der Waals surface area contributed by atoms with E-state index in [4.69, 9.17) is 0 Å². The molecule has 0 spiro atoms. The van der Waals surface area contributed by atoms with Gasteiger partial charge in [0.2, 0.25) is 5.91 Å². The van der Waals surface area contributed by atoms with E-state index in [0.29, 0.717) is 6.54 Å². The smallest absolute Gasteiger partial charge is 0.233 e. The van der Waals surface area contributed by atoms with Gasteiger partial charge < -0.3 is 10.6 Å². The molecule has 0 heterocycles. The first-order chi connectivity index (χ1) is 3.31. The standard InChI is InChI=1S/C4H10N2O.ClH/c1-5-3-4(7)6-2;/h5H,3H2,1-2H3,(H,6,7);1H. The molecule has 0 aromatic heterocycles. The summed E-state index contributed by atoms with van der Waals surface area (Å²) in [5.41, 5.74) is 0. The Hall–Kier alpha value is -0.280. The van der Waals surface area contributed by atoms with Gasteiger partial charge in [-0.25, -0.2) is 0 Å². The van der Waals surface area contributed by atoms with E-state index in [0.717, 1.165) is 0 Å². The van der Waals surface area contributed by atoms with E-state index < -0.39 is 0 Å². The van der Waals surface area contributed by atoms with Gasteiger partial charge >= 0.3 is 0 Å². The lowest BCUT2D eigenvalue weighted by Crippen LogP contribution is -2.28. The summed E-state index contributed by atoms with van der Waals surface area (Å²) in [6.07, 6.45) is 0. The number of hydrogen-bond acceptors (Lipinski definition) is 2. The van der Waals surface area contributed by atoms with E-state index in [2.05, 4.69) is 10.6 Å². The Morgan fingerprint density at radius 1 is 1.50 bits per heavy atom. The Labute approximate surface area is 55.2 Å². The van der Waals surface area contributed by atoms with Gasteiger partial charge in [0.25, 0.3) is 0 Å². The van der Waals surface area contributed by atoms with Crippen LogP contribution in [0.15, 0.2) is 0 Å². The van der Waals surface area contributed by atoms with Gasteiger partial charge in [-0.15, -0.1) is 12.4 Å². The van der Waals surface area contributed by atoms with Crippen LogP contribution >= 0.6 is 12.4 Å². The van der Waals surface area contributed by atoms with Crippen LogP contribution in [0.1, 0.15) is 0 Å². The Balaban J connectivity index is 0. The zero-order chi connectivity index (χ0) is 5.70. The molecule has 2 N–H and O–H groups in total. The van der Waals surface area contributed by atoms with Crippen LogP contribution in [0.25, 0.3) is 0 Å². The fourth-order valence-electron chi connectivity index (χ4n) is 0.249. The Bertz CT molecular complexity index is 67.1. The van der Waals surface area contributed by atoms with Crippen molar-refractivity contribution >= 4 is 18.3 Å². The van der Waals surface area contributed by atoms with Gasteiger partial charge in [-0.05, 0) is 7.05 Å². The highest BCUT2D eigenvalue weighted by atomic mass is 35.5. The minimum atomic E-state index is 0. The summed E-state index contributed by atoms with van der Waals surface area (Å²) >= 11 is 0. The van der Waals surface area contributed by atoms with E-state index in [1.807, 2.05) is 0 Å². The molecule has 0 radical (unpaired) electrons. The van der Waals surface area contributed by atoms with Crippen LogP contribution in [-0.4, -0.2) is 26.5 Å². The first kappa shape index (κ1) is 10.7. The normalized spacial score (nSPS) is 7.25. The number of nitrogens with one attached hydrogen (secondary N) is 2. The van der Waals surface area contributed by atoms with Crippen molar-refractivity contribution in [3.8, 4) is 0 Å². The van der Waals surface area contributed by atoms with Crippen LogP contribution in [-0.2, 0) is 4.79 Å². The Morgan fingerprint density at radius 2 is 2.00 bits per heavy atom. The van der Waals surface area contributed by atoms with Crippen molar-refractivity contribution in [3.63, 3.8) is 0 Å². The molecule has 3 nitrogen and oxygen atoms in total. The van der Waals surface area contributed by atoms with E-state index in [9.17, 15) is 4.79 Å². The maximum Gasteiger partial charge on any atom is 0.233 e. The average molecular weight is 139 g/mol. The molecule has 0 aliphatic heterocycles. The molecule has 0 saturated heterocycles. The predicted octanol–water partition coefficient (Wildman–Crippen LogP) is -0.626.